The molecule has 0 bridgehead atoms. The number of likely N-dealkylation sites (tertiary alicyclic amines) is 1. The maximum atomic E-state index is 12.4. The van der Waals surface area contributed by atoms with Crippen LogP contribution in [0.25, 0.3) is 0 Å². The lowest BCUT2D eigenvalue weighted by atomic mass is 10.2. The van der Waals surface area contributed by atoms with Crippen molar-refractivity contribution in [2.24, 2.45) is 0 Å². The summed E-state index contributed by atoms with van der Waals surface area (Å²) in [6.45, 7) is 3.36. The summed E-state index contributed by atoms with van der Waals surface area (Å²) in [5, 5.41) is 9.10. The Morgan fingerprint density at radius 2 is 2.28 bits per heavy atom. The molecule has 5 nitrogen and oxygen atoms in total. The molecule has 1 amide bonds. The lowest BCUT2D eigenvalue weighted by molar-refractivity contribution is -0.141. The van der Waals surface area contributed by atoms with E-state index in [1.165, 1.54) is 4.90 Å². The van der Waals surface area contributed by atoms with Gasteiger partial charge in [0.2, 0.25) is 0 Å². The van der Waals surface area contributed by atoms with Gasteiger partial charge in [0, 0.05) is 19.3 Å². The van der Waals surface area contributed by atoms with Crippen LogP contribution >= 0.6 is 0 Å². The Kier molecular flexibility index (Phi) is 3.69. The van der Waals surface area contributed by atoms with Crippen molar-refractivity contribution in [3.05, 3.63) is 24.0 Å². The molecule has 5 heteroatoms. The predicted octanol–water partition coefficient (Wildman–Crippen LogP) is 1.59. The van der Waals surface area contributed by atoms with Crippen LogP contribution in [0.4, 0.5) is 0 Å². The highest BCUT2D eigenvalue weighted by Gasteiger charge is 2.35. The summed E-state index contributed by atoms with van der Waals surface area (Å²) in [5.41, 5.74) is 0.588. The summed E-state index contributed by atoms with van der Waals surface area (Å²) in [4.78, 5) is 24.9. The molecule has 0 aromatic carbocycles. The van der Waals surface area contributed by atoms with E-state index in [9.17, 15) is 9.59 Å². The second-order valence-electron chi connectivity index (χ2n) is 4.58. The van der Waals surface area contributed by atoms with Gasteiger partial charge in [0.25, 0.3) is 5.91 Å². The zero-order valence-corrected chi connectivity index (χ0v) is 10.5. The topological polar surface area (TPSA) is 62.5 Å². The number of carboxylic acid groups (broad SMARTS) is 1. The number of aryl methyl sites for hydroxylation is 1. The minimum atomic E-state index is -0.908. The minimum Gasteiger partial charge on any atom is -0.480 e. The summed E-state index contributed by atoms with van der Waals surface area (Å²) in [6.07, 6.45) is 4.12. The third-order valence-electron chi connectivity index (χ3n) is 3.31. The highest BCUT2D eigenvalue weighted by molar-refractivity contribution is 5.95. The van der Waals surface area contributed by atoms with Crippen LogP contribution in [0.5, 0.6) is 0 Å². The zero-order chi connectivity index (χ0) is 13.1. The van der Waals surface area contributed by atoms with Gasteiger partial charge in [-0.3, -0.25) is 4.79 Å². The van der Waals surface area contributed by atoms with Crippen molar-refractivity contribution in [1.82, 2.24) is 9.47 Å². The number of nitrogens with zero attached hydrogens (tertiary/aromatic N) is 2. The molecule has 0 saturated carbocycles. The normalized spacial score (nSPS) is 19.2. The standard InChI is InChI=1S/C13H18N2O3/c1-2-7-14-8-3-5-10(14)12(16)15-9-4-6-11(15)13(17)18/h3,5,8,11H,2,4,6-7,9H2,1H3,(H,17,18)/t11-/m0/s1. The van der Waals surface area contributed by atoms with Crippen LogP contribution < -0.4 is 0 Å². The summed E-state index contributed by atoms with van der Waals surface area (Å²) < 4.78 is 1.89. The van der Waals surface area contributed by atoms with Gasteiger partial charge in [-0.25, -0.2) is 4.79 Å². The Hall–Kier alpha value is -1.78. The molecule has 2 rings (SSSR count). The molecule has 1 fully saturated rings. The fraction of sp³-hybridized carbons (Fsp3) is 0.538. The van der Waals surface area contributed by atoms with E-state index in [0.717, 1.165) is 19.4 Å². The maximum absolute atomic E-state index is 12.4. The van der Waals surface area contributed by atoms with Gasteiger partial charge in [-0.2, -0.15) is 0 Å². The summed E-state index contributed by atoms with van der Waals surface area (Å²) >= 11 is 0. The molecule has 0 unspecified atom stereocenters. The van der Waals surface area contributed by atoms with E-state index in [1.807, 2.05) is 23.8 Å². The molecule has 98 valence electrons. The quantitative estimate of drug-likeness (QED) is 0.882. The summed E-state index contributed by atoms with van der Waals surface area (Å²) in [5.74, 6) is -1.08. The van der Waals surface area contributed by atoms with Crippen molar-refractivity contribution >= 4 is 11.9 Å². The van der Waals surface area contributed by atoms with Crippen molar-refractivity contribution in [2.75, 3.05) is 6.54 Å². The highest BCUT2D eigenvalue weighted by atomic mass is 16.4. The number of carbonyl (C=O) groups excluding carboxylic acids is 1. The molecule has 0 radical (unpaired) electrons. The molecule has 0 spiro atoms. The van der Waals surface area contributed by atoms with E-state index in [4.69, 9.17) is 5.11 Å². The maximum Gasteiger partial charge on any atom is 0.326 e. The van der Waals surface area contributed by atoms with Gasteiger partial charge in [0.15, 0.2) is 0 Å². The second kappa shape index (κ2) is 5.25. The first kappa shape index (κ1) is 12.7. The van der Waals surface area contributed by atoms with Crippen LogP contribution in [0.15, 0.2) is 18.3 Å². The summed E-state index contributed by atoms with van der Waals surface area (Å²) in [6, 6.07) is 2.92. The number of rotatable bonds is 4. The number of aromatic nitrogens is 1. The molecule has 18 heavy (non-hydrogen) atoms. The Labute approximate surface area is 106 Å². The van der Waals surface area contributed by atoms with Gasteiger partial charge in [-0.1, -0.05) is 6.92 Å². The van der Waals surface area contributed by atoms with Gasteiger partial charge in [0.05, 0.1) is 0 Å². The van der Waals surface area contributed by atoms with Crippen LogP contribution in [0.2, 0.25) is 0 Å². The molecule has 1 atom stereocenters. The molecule has 1 N–H and O–H groups in total. The lowest BCUT2D eigenvalue weighted by Crippen LogP contribution is -2.41. The first-order valence-corrected chi connectivity index (χ1v) is 6.34. The molecule has 1 aromatic rings. The van der Waals surface area contributed by atoms with E-state index in [2.05, 4.69) is 0 Å². The average molecular weight is 250 g/mol. The van der Waals surface area contributed by atoms with E-state index < -0.39 is 12.0 Å². The van der Waals surface area contributed by atoms with Gasteiger partial charge in [0.1, 0.15) is 11.7 Å². The Morgan fingerprint density at radius 3 is 2.94 bits per heavy atom. The lowest BCUT2D eigenvalue weighted by Gasteiger charge is -2.22. The molecule has 1 saturated heterocycles. The number of amides is 1. The van der Waals surface area contributed by atoms with Gasteiger partial charge < -0.3 is 14.6 Å². The number of hydrogen-bond acceptors (Lipinski definition) is 2. The molecule has 2 heterocycles. The van der Waals surface area contributed by atoms with E-state index in [-0.39, 0.29) is 5.91 Å². The van der Waals surface area contributed by atoms with E-state index in [0.29, 0.717) is 18.7 Å². The molecule has 1 aliphatic heterocycles. The largest absolute Gasteiger partial charge is 0.480 e. The first-order chi connectivity index (χ1) is 8.65. The van der Waals surface area contributed by atoms with Crippen LogP contribution in [0.3, 0.4) is 0 Å². The molecule has 0 aliphatic carbocycles. The first-order valence-electron chi connectivity index (χ1n) is 6.34. The number of carbonyl (C=O) groups is 2. The van der Waals surface area contributed by atoms with Gasteiger partial charge >= 0.3 is 5.97 Å². The Morgan fingerprint density at radius 1 is 1.50 bits per heavy atom. The van der Waals surface area contributed by atoms with E-state index >= 15 is 0 Å². The number of carboxylic acids is 1. The van der Waals surface area contributed by atoms with E-state index in [1.54, 1.807) is 6.07 Å². The fourth-order valence-corrected chi connectivity index (χ4v) is 2.46. The second-order valence-corrected chi connectivity index (χ2v) is 4.58. The minimum absolute atomic E-state index is 0.168. The van der Waals surface area contributed by atoms with Crippen LogP contribution in [0.1, 0.15) is 36.7 Å². The van der Waals surface area contributed by atoms with Crippen LogP contribution in [0, 0.1) is 0 Å². The average Bonchev–Trinajstić information content (AvgIpc) is 2.96. The molecular weight excluding hydrogens is 232 g/mol. The third kappa shape index (κ3) is 2.25. The van der Waals surface area contributed by atoms with Crippen molar-refractivity contribution < 1.29 is 14.7 Å². The third-order valence-corrected chi connectivity index (χ3v) is 3.31. The smallest absolute Gasteiger partial charge is 0.326 e. The number of aliphatic carboxylic acids is 1. The zero-order valence-electron chi connectivity index (χ0n) is 10.5. The molecular formula is C13H18N2O3. The SMILES string of the molecule is CCCn1cccc1C(=O)N1CCC[C@H]1C(=O)O. The monoisotopic (exact) mass is 250 g/mol. The number of hydrogen-bond donors (Lipinski definition) is 1. The van der Waals surface area contributed by atoms with Crippen molar-refractivity contribution in [2.45, 2.75) is 38.8 Å². The van der Waals surface area contributed by atoms with Crippen LogP contribution in [-0.4, -0.2) is 39.0 Å². The Bertz CT molecular complexity index is 453. The summed E-state index contributed by atoms with van der Waals surface area (Å²) in [7, 11) is 0. The molecule has 1 aromatic heterocycles. The van der Waals surface area contributed by atoms with Crippen molar-refractivity contribution in [3.8, 4) is 0 Å². The highest BCUT2D eigenvalue weighted by Crippen LogP contribution is 2.20. The van der Waals surface area contributed by atoms with Crippen LogP contribution in [-0.2, 0) is 11.3 Å². The fourth-order valence-electron chi connectivity index (χ4n) is 2.46. The predicted molar refractivity (Wildman–Crippen MR) is 66.4 cm³/mol. The van der Waals surface area contributed by atoms with Crippen molar-refractivity contribution in [3.63, 3.8) is 0 Å². The Balaban J connectivity index is 2.20. The van der Waals surface area contributed by atoms with Gasteiger partial charge in [-0.15, -0.1) is 0 Å². The van der Waals surface area contributed by atoms with Crippen molar-refractivity contribution in [1.29, 1.82) is 0 Å². The van der Waals surface area contributed by atoms with Gasteiger partial charge in [-0.05, 0) is 31.4 Å². The molecule has 1 aliphatic rings.